The first-order chi connectivity index (χ1) is 16.0. The summed E-state index contributed by atoms with van der Waals surface area (Å²) in [5.74, 6) is 0.680. The highest BCUT2D eigenvalue weighted by Crippen LogP contribution is 2.66. The topological polar surface area (TPSA) is 165 Å². The fourth-order valence-corrected chi connectivity index (χ4v) is 6.16. The summed E-state index contributed by atoms with van der Waals surface area (Å²) >= 11 is 0. The molecule has 0 radical (unpaired) electrons. The van der Waals surface area contributed by atoms with Gasteiger partial charge in [-0.15, -0.1) is 0 Å². The molecule has 34 heavy (non-hydrogen) atoms. The number of nitrogens with zero attached hydrogens (tertiary/aromatic N) is 4. The number of ether oxygens (including phenoxy) is 3. The van der Waals surface area contributed by atoms with Gasteiger partial charge in [-0.05, 0) is 42.7 Å². The zero-order chi connectivity index (χ0) is 24.5. The maximum absolute atomic E-state index is 12.5. The lowest BCUT2D eigenvalue weighted by atomic mass is 9.70. The van der Waals surface area contributed by atoms with Gasteiger partial charge in [0.15, 0.2) is 5.82 Å². The molecule has 3 unspecified atom stereocenters. The van der Waals surface area contributed by atoms with Crippen LogP contribution in [0.15, 0.2) is 18.5 Å². The largest absolute Gasteiger partial charge is 0.508 e. The van der Waals surface area contributed by atoms with Gasteiger partial charge < -0.3 is 30.2 Å². The van der Waals surface area contributed by atoms with E-state index < -0.39 is 36.7 Å². The molecule has 7 atom stereocenters. The van der Waals surface area contributed by atoms with E-state index >= 15 is 0 Å². The summed E-state index contributed by atoms with van der Waals surface area (Å²) in [6, 6.07) is 5.06. The second-order valence-corrected chi connectivity index (χ2v) is 10.4. The first kappa shape index (κ1) is 22.8. The van der Waals surface area contributed by atoms with Crippen molar-refractivity contribution < 1.29 is 29.2 Å². The van der Waals surface area contributed by atoms with Crippen LogP contribution in [0.5, 0.6) is 0 Å². The zero-order valence-electron chi connectivity index (χ0n) is 19.3. The number of aliphatic hydroxyl groups excluding tert-OH is 2. The van der Waals surface area contributed by atoms with Crippen LogP contribution in [0.3, 0.4) is 0 Å². The minimum Gasteiger partial charge on any atom is -0.431 e. The van der Waals surface area contributed by atoms with Gasteiger partial charge in [0, 0.05) is 5.41 Å². The van der Waals surface area contributed by atoms with Gasteiger partial charge in [-0.25, -0.2) is 14.3 Å². The van der Waals surface area contributed by atoms with Gasteiger partial charge in [-0.2, -0.15) is 10.4 Å². The Morgan fingerprint density at radius 3 is 2.79 bits per heavy atom. The molecule has 5 rings (SSSR count). The quantitative estimate of drug-likeness (QED) is 0.557. The maximum atomic E-state index is 12.5. The van der Waals surface area contributed by atoms with Crippen LogP contribution in [0.2, 0.25) is 0 Å². The van der Waals surface area contributed by atoms with E-state index in [-0.39, 0.29) is 28.4 Å². The number of hydrogen-bond acceptors (Lipinski definition) is 10. The molecule has 2 bridgehead atoms. The highest BCUT2D eigenvalue weighted by molar-refractivity contribution is 5.66. The van der Waals surface area contributed by atoms with E-state index in [9.17, 15) is 20.3 Å². The predicted molar refractivity (Wildman–Crippen MR) is 117 cm³/mol. The number of aromatic nitrogens is 3. The molecule has 4 N–H and O–H groups in total. The number of carbonyl (C=O) groups is 1. The summed E-state index contributed by atoms with van der Waals surface area (Å²) in [5.41, 5.74) is 4.46. The van der Waals surface area contributed by atoms with Gasteiger partial charge >= 0.3 is 6.16 Å². The molecule has 0 spiro atoms. The molecule has 2 saturated carbocycles. The monoisotopic (exact) mass is 471 g/mol. The van der Waals surface area contributed by atoms with Gasteiger partial charge in [0.2, 0.25) is 5.60 Å². The van der Waals surface area contributed by atoms with E-state index in [1.54, 1.807) is 6.07 Å². The van der Waals surface area contributed by atoms with Crippen molar-refractivity contribution in [3.8, 4) is 6.07 Å². The lowest BCUT2D eigenvalue weighted by Gasteiger charge is -2.38. The van der Waals surface area contributed by atoms with Gasteiger partial charge in [0.1, 0.15) is 48.9 Å². The van der Waals surface area contributed by atoms with Crippen LogP contribution in [0.25, 0.3) is 5.52 Å². The van der Waals surface area contributed by atoms with E-state index in [0.29, 0.717) is 11.4 Å². The Labute approximate surface area is 196 Å². The summed E-state index contributed by atoms with van der Waals surface area (Å²) in [5, 5.41) is 35.4. The van der Waals surface area contributed by atoms with Crippen LogP contribution in [-0.4, -0.2) is 62.0 Å². The van der Waals surface area contributed by atoms with Crippen LogP contribution < -0.4 is 5.73 Å². The molecule has 1 aliphatic heterocycles. The number of hydrogen-bond donors (Lipinski definition) is 3. The Morgan fingerprint density at radius 2 is 2.15 bits per heavy atom. The van der Waals surface area contributed by atoms with Crippen LogP contribution in [-0.2, 0) is 19.8 Å². The SMILES string of the molecule is CC1(C)C2CCC1(C)C(OC(=O)OC[C@H]1O[C@@](C#N)(c3ccc4c(N)ncnn34)[C@H](O)[C@@H]1O)C2. The van der Waals surface area contributed by atoms with Crippen molar-refractivity contribution >= 4 is 17.5 Å². The minimum absolute atomic E-state index is 0.0755. The van der Waals surface area contributed by atoms with Crippen molar-refractivity contribution in [3.05, 3.63) is 24.2 Å². The highest BCUT2D eigenvalue weighted by Gasteiger charge is 2.63. The molecule has 182 valence electrons. The van der Waals surface area contributed by atoms with E-state index in [1.807, 2.05) is 6.07 Å². The Hall–Kier alpha value is -2.94. The number of nitriles is 1. The third-order valence-electron chi connectivity index (χ3n) is 8.80. The molecule has 0 amide bonds. The molecule has 3 aliphatic rings. The number of aliphatic hydroxyl groups is 2. The molecule has 3 heterocycles. The molecule has 0 aromatic carbocycles. The highest BCUT2D eigenvalue weighted by atomic mass is 16.7. The van der Waals surface area contributed by atoms with Gasteiger partial charge in [0.05, 0.1) is 5.69 Å². The number of fused-ring (bicyclic) bond motifs is 3. The number of nitrogen functional groups attached to an aromatic ring is 1. The summed E-state index contributed by atoms with van der Waals surface area (Å²) in [6.07, 6.45) is -1.25. The van der Waals surface area contributed by atoms with E-state index in [4.69, 9.17) is 19.9 Å². The number of rotatable bonds is 4. The standard InChI is InChI=1S/C23H29N5O6/c1-21(2)12-6-7-22(21,3)16(8-12)33-20(31)32-9-14-17(29)18(30)23(10-24,34-14)15-5-4-13-19(25)26-11-27-28(13)15/h4-5,11-12,14,16-18,29-30H,6-9H2,1-3H3,(H2,25,26,27)/t12?,14-,16?,17-,18-,22?,23+/m1/s1. The maximum Gasteiger partial charge on any atom is 0.508 e. The van der Waals surface area contributed by atoms with Gasteiger partial charge in [0.25, 0.3) is 0 Å². The Morgan fingerprint density at radius 1 is 1.38 bits per heavy atom. The Bertz CT molecular complexity index is 1180. The summed E-state index contributed by atoms with van der Waals surface area (Å²) < 4.78 is 18.1. The molecule has 11 heteroatoms. The van der Waals surface area contributed by atoms with Crippen molar-refractivity contribution in [2.24, 2.45) is 16.7 Å². The average Bonchev–Trinajstić information content (AvgIpc) is 3.46. The van der Waals surface area contributed by atoms with E-state index in [1.165, 1.54) is 16.9 Å². The second kappa shape index (κ2) is 7.53. The smallest absolute Gasteiger partial charge is 0.431 e. The molecule has 1 saturated heterocycles. The lowest BCUT2D eigenvalue weighted by molar-refractivity contribution is -0.0831. The molecule has 11 nitrogen and oxygen atoms in total. The van der Waals surface area contributed by atoms with Crippen LogP contribution >= 0.6 is 0 Å². The van der Waals surface area contributed by atoms with E-state index in [2.05, 4.69) is 30.9 Å². The van der Waals surface area contributed by atoms with Gasteiger partial charge in [-0.1, -0.05) is 20.8 Å². The van der Waals surface area contributed by atoms with Crippen molar-refractivity contribution in [2.75, 3.05) is 12.3 Å². The third-order valence-corrected chi connectivity index (χ3v) is 8.80. The third kappa shape index (κ3) is 2.95. The first-order valence-corrected chi connectivity index (χ1v) is 11.4. The van der Waals surface area contributed by atoms with Crippen molar-refractivity contribution in [3.63, 3.8) is 0 Å². The fraction of sp³-hybridized carbons (Fsp3) is 0.652. The zero-order valence-corrected chi connectivity index (χ0v) is 19.3. The lowest BCUT2D eigenvalue weighted by Crippen LogP contribution is -2.41. The van der Waals surface area contributed by atoms with Crippen LogP contribution in [0.4, 0.5) is 10.6 Å². The summed E-state index contributed by atoms with van der Waals surface area (Å²) in [7, 11) is 0. The minimum atomic E-state index is -1.95. The van der Waals surface area contributed by atoms with Gasteiger partial charge in [-0.3, -0.25) is 0 Å². The van der Waals surface area contributed by atoms with Crippen molar-refractivity contribution in [2.45, 2.75) is 70.1 Å². The average molecular weight is 472 g/mol. The predicted octanol–water partition coefficient (Wildman–Crippen LogP) is 1.52. The number of nitrogens with two attached hydrogens (primary N) is 1. The molecule has 3 fully saturated rings. The van der Waals surface area contributed by atoms with Crippen LogP contribution in [0, 0.1) is 28.1 Å². The Balaban J connectivity index is 1.29. The van der Waals surface area contributed by atoms with Crippen molar-refractivity contribution in [1.29, 1.82) is 5.26 Å². The molecule has 2 aliphatic carbocycles. The summed E-state index contributed by atoms with van der Waals surface area (Å²) in [6.45, 7) is 6.19. The molecule has 2 aromatic heterocycles. The molecule has 2 aromatic rings. The first-order valence-electron chi connectivity index (χ1n) is 11.4. The normalized spacial score (nSPS) is 38.2. The summed E-state index contributed by atoms with van der Waals surface area (Å²) in [4.78, 5) is 16.4. The fourth-order valence-electron chi connectivity index (χ4n) is 6.16. The Kier molecular flexibility index (Phi) is 5.06. The molecular weight excluding hydrogens is 442 g/mol. The molecular formula is C23H29N5O6. The van der Waals surface area contributed by atoms with Crippen molar-refractivity contribution in [1.82, 2.24) is 14.6 Å². The number of carbonyl (C=O) groups excluding carboxylic acids is 1. The number of anilines is 1. The van der Waals surface area contributed by atoms with E-state index in [0.717, 1.165) is 19.3 Å². The second-order valence-electron chi connectivity index (χ2n) is 10.4. The van der Waals surface area contributed by atoms with Crippen LogP contribution in [0.1, 0.15) is 45.7 Å².